The molecule has 0 spiro atoms. The number of nitrogens with one attached hydrogen (secondary N) is 1. The van der Waals surface area contributed by atoms with Gasteiger partial charge in [0, 0.05) is 27.7 Å². The van der Waals surface area contributed by atoms with Crippen molar-refractivity contribution < 1.29 is 58.2 Å². The number of amides is 1. The Kier molecular flexibility index (Phi) is 8.69. The summed E-state index contributed by atoms with van der Waals surface area (Å²) in [6, 6.07) is -1.34. The van der Waals surface area contributed by atoms with E-state index in [-0.39, 0.29) is 0 Å². The van der Waals surface area contributed by atoms with Crippen molar-refractivity contribution in [2.24, 2.45) is 0 Å². The molecule has 0 aromatic heterocycles. The van der Waals surface area contributed by atoms with Gasteiger partial charge in [-0.2, -0.15) is 0 Å². The number of aliphatic hydroxyl groups excluding tert-OH is 1. The third-order valence-electron chi connectivity index (χ3n) is 4.07. The maximum atomic E-state index is 11.6. The molecule has 0 radical (unpaired) electrons. The summed E-state index contributed by atoms with van der Waals surface area (Å²) in [6.07, 6.45) is -7.39. The van der Waals surface area contributed by atoms with Gasteiger partial charge in [-0.1, -0.05) is 0 Å². The smallest absolute Gasteiger partial charge is 0.364 e. The minimum Gasteiger partial charge on any atom is -0.477 e. The third kappa shape index (κ3) is 6.93. The van der Waals surface area contributed by atoms with Crippen LogP contribution in [0.1, 0.15) is 34.1 Å². The summed E-state index contributed by atoms with van der Waals surface area (Å²) in [5, 5.41) is 32.8. The van der Waals surface area contributed by atoms with Gasteiger partial charge in [-0.15, -0.1) is 0 Å². The van der Waals surface area contributed by atoms with E-state index in [0.717, 1.165) is 27.7 Å². The van der Waals surface area contributed by atoms with Crippen LogP contribution < -0.4 is 5.32 Å². The number of hydrogen-bond donors (Lipinski definition) is 4. The number of carbonyl (C=O) groups excluding carboxylic acids is 4. The molecule has 0 bridgehead atoms. The number of esters is 3. The van der Waals surface area contributed by atoms with E-state index in [1.807, 2.05) is 0 Å². The minimum absolute atomic E-state index is 0.632. The first-order chi connectivity index (χ1) is 13.8. The lowest BCUT2D eigenvalue weighted by molar-refractivity contribution is -0.296. The number of carbonyl (C=O) groups is 5. The van der Waals surface area contributed by atoms with Crippen molar-refractivity contribution in [1.29, 1.82) is 0 Å². The van der Waals surface area contributed by atoms with Gasteiger partial charge in [-0.25, -0.2) is 4.79 Å². The zero-order chi connectivity index (χ0) is 23.2. The largest absolute Gasteiger partial charge is 0.477 e. The van der Waals surface area contributed by atoms with Gasteiger partial charge in [0.25, 0.3) is 5.79 Å². The minimum atomic E-state index is -2.90. The van der Waals surface area contributed by atoms with Crippen LogP contribution in [0.15, 0.2) is 0 Å². The SMILES string of the molecule is CC(=O)N[C@H]1[C@H]([C@H](O)[C@@H](COC(C)=O)OC(C)=O)O[C@](O)(C(=O)O)C[C@@H]1OC(C)=O. The molecule has 13 heteroatoms. The molecular weight excluding hydrogens is 410 g/mol. The van der Waals surface area contributed by atoms with Crippen LogP contribution in [0.4, 0.5) is 0 Å². The molecule has 6 atom stereocenters. The first-order valence-corrected chi connectivity index (χ1v) is 8.83. The van der Waals surface area contributed by atoms with E-state index >= 15 is 0 Å². The highest BCUT2D eigenvalue weighted by molar-refractivity contribution is 5.76. The van der Waals surface area contributed by atoms with Gasteiger partial charge in [0.05, 0.1) is 12.5 Å². The quantitative estimate of drug-likeness (QED) is 0.238. The first-order valence-electron chi connectivity index (χ1n) is 8.83. The van der Waals surface area contributed by atoms with Gasteiger partial charge in [0.2, 0.25) is 5.91 Å². The monoisotopic (exact) mass is 435 g/mol. The molecule has 0 aromatic carbocycles. The summed E-state index contributed by atoms with van der Waals surface area (Å²) in [5.41, 5.74) is 0. The van der Waals surface area contributed by atoms with Gasteiger partial charge in [-0.05, 0) is 0 Å². The van der Waals surface area contributed by atoms with Crippen LogP contribution in [0.2, 0.25) is 0 Å². The Morgan fingerprint density at radius 3 is 2.13 bits per heavy atom. The predicted octanol–water partition coefficient (Wildman–Crippen LogP) is -2.16. The van der Waals surface area contributed by atoms with E-state index in [1.54, 1.807) is 0 Å². The number of ether oxygens (including phenoxy) is 4. The van der Waals surface area contributed by atoms with Crippen LogP contribution in [0.5, 0.6) is 0 Å². The topological polar surface area (TPSA) is 195 Å². The lowest BCUT2D eigenvalue weighted by Gasteiger charge is -2.45. The molecule has 4 N–H and O–H groups in total. The molecule has 1 rings (SSSR count). The number of rotatable bonds is 8. The molecule has 1 heterocycles. The summed E-state index contributed by atoms with van der Waals surface area (Å²) in [5.74, 6) is -7.88. The van der Waals surface area contributed by atoms with E-state index < -0.39 is 79.1 Å². The lowest BCUT2D eigenvalue weighted by Crippen LogP contribution is -2.68. The number of hydrogen-bond acceptors (Lipinski definition) is 11. The van der Waals surface area contributed by atoms with Crippen molar-refractivity contribution >= 4 is 29.8 Å². The maximum Gasteiger partial charge on any atom is 0.364 e. The molecule has 0 aliphatic carbocycles. The zero-order valence-corrected chi connectivity index (χ0v) is 16.8. The van der Waals surface area contributed by atoms with Crippen molar-refractivity contribution in [3.05, 3.63) is 0 Å². The molecular formula is C17H25NO12. The molecule has 1 fully saturated rings. The Hall–Kier alpha value is -2.77. The summed E-state index contributed by atoms with van der Waals surface area (Å²) in [6.45, 7) is 3.57. The maximum absolute atomic E-state index is 11.6. The number of carboxylic acid groups (broad SMARTS) is 1. The van der Waals surface area contributed by atoms with Gasteiger partial charge >= 0.3 is 23.9 Å². The first kappa shape index (κ1) is 25.3. The predicted molar refractivity (Wildman–Crippen MR) is 93.4 cm³/mol. The van der Waals surface area contributed by atoms with Gasteiger partial charge in [0.15, 0.2) is 6.10 Å². The molecule has 13 nitrogen and oxygen atoms in total. The fourth-order valence-corrected chi connectivity index (χ4v) is 2.94. The molecule has 1 amide bonds. The Morgan fingerprint density at radius 1 is 1.10 bits per heavy atom. The lowest BCUT2D eigenvalue weighted by atomic mass is 9.88. The summed E-state index contributed by atoms with van der Waals surface area (Å²) >= 11 is 0. The highest BCUT2D eigenvalue weighted by Gasteiger charge is 2.56. The van der Waals surface area contributed by atoms with Crippen molar-refractivity contribution in [2.45, 2.75) is 70.4 Å². The fraction of sp³-hybridized carbons (Fsp3) is 0.706. The highest BCUT2D eigenvalue weighted by atomic mass is 16.7. The van der Waals surface area contributed by atoms with Crippen LogP contribution in [-0.2, 0) is 42.9 Å². The molecule has 1 aliphatic heterocycles. The Labute approximate surface area is 171 Å². The summed E-state index contributed by atoms with van der Waals surface area (Å²) in [7, 11) is 0. The standard InChI is InChI=1S/C17H25NO12/c1-7(19)18-13-11(28-9(3)21)5-17(26,16(24)25)30-15(13)14(23)12(29-10(4)22)6-27-8(2)20/h11-15,23,26H,5-6H2,1-4H3,(H,18,19)(H,24,25)/t11-,12+,13+,14+,15+,17-/m0/s1. The van der Waals surface area contributed by atoms with Crippen LogP contribution in [0, 0.1) is 0 Å². The Morgan fingerprint density at radius 2 is 1.70 bits per heavy atom. The van der Waals surface area contributed by atoms with Crippen molar-refractivity contribution in [3.63, 3.8) is 0 Å². The Balaban J connectivity index is 3.35. The van der Waals surface area contributed by atoms with Crippen LogP contribution >= 0.6 is 0 Å². The number of aliphatic hydroxyl groups is 2. The van der Waals surface area contributed by atoms with Crippen molar-refractivity contribution in [3.8, 4) is 0 Å². The molecule has 0 saturated carbocycles. The second-order valence-corrected chi connectivity index (χ2v) is 6.69. The van der Waals surface area contributed by atoms with E-state index in [0.29, 0.717) is 0 Å². The number of aliphatic carboxylic acids is 1. The Bertz CT molecular complexity index is 694. The van der Waals surface area contributed by atoms with Gasteiger partial charge < -0.3 is 39.6 Å². The van der Waals surface area contributed by atoms with Crippen LogP contribution in [0.25, 0.3) is 0 Å². The average Bonchev–Trinajstić information content (AvgIpc) is 2.58. The van der Waals surface area contributed by atoms with E-state index in [2.05, 4.69) is 5.32 Å². The van der Waals surface area contributed by atoms with Crippen molar-refractivity contribution in [1.82, 2.24) is 5.32 Å². The summed E-state index contributed by atoms with van der Waals surface area (Å²) in [4.78, 5) is 57.1. The van der Waals surface area contributed by atoms with E-state index in [1.165, 1.54) is 0 Å². The third-order valence-corrected chi connectivity index (χ3v) is 4.07. The van der Waals surface area contributed by atoms with Crippen LogP contribution in [-0.4, -0.2) is 88.0 Å². The molecule has 170 valence electrons. The molecule has 1 aliphatic rings. The van der Waals surface area contributed by atoms with Crippen LogP contribution in [0.3, 0.4) is 0 Å². The molecule has 1 saturated heterocycles. The van der Waals surface area contributed by atoms with Gasteiger partial charge in [-0.3, -0.25) is 19.2 Å². The molecule has 30 heavy (non-hydrogen) atoms. The average molecular weight is 435 g/mol. The molecule has 0 unspecified atom stereocenters. The zero-order valence-electron chi connectivity index (χ0n) is 16.8. The fourth-order valence-electron chi connectivity index (χ4n) is 2.94. The van der Waals surface area contributed by atoms with E-state index in [9.17, 15) is 39.3 Å². The van der Waals surface area contributed by atoms with Gasteiger partial charge in [0.1, 0.15) is 24.9 Å². The van der Waals surface area contributed by atoms with E-state index in [4.69, 9.17) is 18.9 Å². The second kappa shape index (κ2) is 10.3. The molecule has 0 aromatic rings. The highest BCUT2D eigenvalue weighted by Crippen LogP contribution is 2.32. The summed E-state index contributed by atoms with van der Waals surface area (Å²) < 4.78 is 19.8. The number of carboxylic acids is 1. The van der Waals surface area contributed by atoms with Crippen molar-refractivity contribution in [2.75, 3.05) is 6.61 Å². The normalized spacial score (nSPS) is 27.9. The second-order valence-electron chi connectivity index (χ2n) is 6.69.